The summed E-state index contributed by atoms with van der Waals surface area (Å²) in [5.74, 6) is -1.21. The third kappa shape index (κ3) is 4.02. The summed E-state index contributed by atoms with van der Waals surface area (Å²) in [6.07, 6.45) is 3.89. The van der Waals surface area contributed by atoms with Gasteiger partial charge in [0.2, 0.25) is 5.78 Å². The van der Waals surface area contributed by atoms with E-state index in [1.807, 2.05) is 18.2 Å². The molecule has 35 heavy (non-hydrogen) atoms. The van der Waals surface area contributed by atoms with E-state index in [0.29, 0.717) is 23.1 Å². The molecule has 0 spiro atoms. The van der Waals surface area contributed by atoms with Crippen molar-refractivity contribution in [1.29, 1.82) is 0 Å². The Morgan fingerprint density at radius 3 is 2.74 bits per heavy atom. The molecule has 3 heterocycles. The van der Waals surface area contributed by atoms with Gasteiger partial charge in [0.25, 0.3) is 5.91 Å². The summed E-state index contributed by atoms with van der Waals surface area (Å²) in [4.78, 5) is 32.7. The summed E-state index contributed by atoms with van der Waals surface area (Å²) in [6, 6.07) is 15.2. The minimum Gasteiger partial charge on any atom is -0.503 e. The first-order chi connectivity index (χ1) is 17.0. The normalized spacial score (nSPS) is 15.7. The average molecular weight is 487 g/mol. The SMILES string of the molecule is C=CCOc1ccc([C@H]2C(C(=O)c3ccco3)=C(O)C(=O)N2c2nc3ccc(CC)cc3s2)cc1. The molecule has 5 rings (SSSR count). The van der Waals surface area contributed by atoms with E-state index >= 15 is 0 Å². The van der Waals surface area contributed by atoms with Crippen molar-refractivity contribution in [2.75, 3.05) is 11.5 Å². The zero-order valence-corrected chi connectivity index (χ0v) is 19.7. The van der Waals surface area contributed by atoms with Crippen LogP contribution in [0.5, 0.6) is 5.75 Å². The zero-order chi connectivity index (χ0) is 24.5. The first-order valence-electron chi connectivity index (χ1n) is 11.1. The number of aliphatic hydroxyl groups is 1. The zero-order valence-electron chi connectivity index (χ0n) is 18.9. The third-order valence-electron chi connectivity index (χ3n) is 5.82. The van der Waals surface area contributed by atoms with Crippen molar-refractivity contribution in [3.8, 4) is 5.75 Å². The van der Waals surface area contributed by atoms with Crippen LogP contribution in [0.1, 0.15) is 34.6 Å². The number of ether oxygens (including phenoxy) is 1. The minimum atomic E-state index is -0.889. The van der Waals surface area contributed by atoms with Crippen molar-refractivity contribution < 1.29 is 23.8 Å². The van der Waals surface area contributed by atoms with Crippen LogP contribution in [0, 0.1) is 0 Å². The van der Waals surface area contributed by atoms with Gasteiger partial charge < -0.3 is 14.3 Å². The van der Waals surface area contributed by atoms with Crippen LogP contribution in [0.4, 0.5) is 5.13 Å². The van der Waals surface area contributed by atoms with Gasteiger partial charge in [-0.3, -0.25) is 14.5 Å². The predicted octanol–water partition coefficient (Wildman–Crippen LogP) is 5.80. The summed E-state index contributed by atoms with van der Waals surface area (Å²) in [5.41, 5.74) is 2.46. The molecule has 7 nitrogen and oxygen atoms in total. The standard InChI is InChI=1S/C27H22N2O5S/c1-3-13-33-18-10-8-17(9-11-18)23-22(24(30)20-6-5-14-34-20)25(31)26(32)29(23)27-28-19-12-7-16(4-2)15-21(19)35-27/h3,5-12,14-15,23,31H,1,4,13H2,2H3/t23-/m0/s1. The lowest BCUT2D eigenvalue weighted by molar-refractivity contribution is -0.117. The number of ketones is 1. The number of furan rings is 1. The minimum absolute atomic E-state index is 0.0361. The lowest BCUT2D eigenvalue weighted by Gasteiger charge is -2.24. The number of aromatic nitrogens is 1. The fourth-order valence-electron chi connectivity index (χ4n) is 4.07. The number of carbonyl (C=O) groups excluding carboxylic acids is 2. The maximum Gasteiger partial charge on any atom is 0.296 e. The summed E-state index contributed by atoms with van der Waals surface area (Å²) in [7, 11) is 0. The molecule has 1 aliphatic rings. The Labute approximate surface area is 205 Å². The van der Waals surface area contributed by atoms with Crippen LogP contribution in [0.2, 0.25) is 0 Å². The Balaban J connectivity index is 1.62. The van der Waals surface area contributed by atoms with E-state index < -0.39 is 23.5 Å². The van der Waals surface area contributed by atoms with Crippen molar-refractivity contribution >= 4 is 38.4 Å². The molecule has 8 heteroatoms. The number of aryl methyl sites for hydroxylation is 1. The van der Waals surface area contributed by atoms with Gasteiger partial charge in [-0.05, 0) is 53.9 Å². The van der Waals surface area contributed by atoms with Crippen LogP contribution < -0.4 is 9.64 Å². The van der Waals surface area contributed by atoms with Gasteiger partial charge >= 0.3 is 0 Å². The molecule has 0 unspecified atom stereocenters. The van der Waals surface area contributed by atoms with Crippen molar-refractivity contribution in [3.05, 3.63) is 102 Å². The molecule has 0 bridgehead atoms. The molecule has 1 amide bonds. The molecule has 0 fully saturated rings. The Bertz CT molecular complexity index is 1450. The molecular weight excluding hydrogens is 464 g/mol. The van der Waals surface area contributed by atoms with Gasteiger partial charge in [-0.25, -0.2) is 4.98 Å². The third-order valence-corrected chi connectivity index (χ3v) is 6.83. The largest absolute Gasteiger partial charge is 0.503 e. The van der Waals surface area contributed by atoms with E-state index in [9.17, 15) is 14.7 Å². The maximum atomic E-state index is 13.3. The number of benzene rings is 2. The molecular formula is C27H22N2O5S. The monoisotopic (exact) mass is 486 g/mol. The highest BCUT2D eigenvalue weighted by Crippen LogP contribution is 2.44. The highest BCUT2D eigenvalue weighted by Gasteiger charge is 2.46. The van der Waals surface area contributed by atoms with Crippen molar-refractivity contribution in [3.63, 3.8) is 0 Å². The second-order valence-corrected chi connectivity index (χ2v) is 8.98. The van der Waals surface area contributed by atoms with Crippen LogP contribution in [-0.4, -0.2) is 28.4 Å². The van der Waals surface area contributed by atoms with Crippen LogP contribution >= 0.6 is 11.3 Å². The molecule has 2 aromatic heterocycles. The molecule has 2 aromatic carbocycles. The Hall–Kier alpha value is -4.17. The van der Waals surface area contributed by atoms with Crippen LogP contribution in [0.15, 0.2) is 89.3 Å². The number of hydrogen-bond donors (Lipinski definition) is 1. The van der Waals surface area contributed by atoms with Crippen LogP contribution in [0.25, 0.3) is 10.2 Å². The molecule has 4 aromatic rings. The highest BCUT2D eigenvalue weighted by molar-refractivity contribution is 7.22. The fraction of sp³-hybridized carbons (Fsp3) is 0.148. The van der Waals surface area contributed by atoms with E-state index in [4.69, 9.17) is 9.15 Å². The lowest BCUT2D eigenvalue weighted by atomic mass is 9.95. The molecule has 0 saturated heterocycles. The molecule has 0 radical (unpaired) electrons. The van der Waals surface area contributed by atoms with Crippen molar-refractivity contribution in [1.82, 2.24) is 4.98 Å². The summed E-state index contributed by atoms with van der Waals surface area (Å²) in [6.45, 7) is 6.06. The molecule has 1 aliphatic heterocycles. The average Bonchev–Trinajstić information content (AvgIpc) is 3.61. The number of anilines is 1. The van der Waals surface area contributed by atoms with Crippen molar-refractivity contribution in [2.45, 2.75) is 19.4 Å². The maximum absolute atomic E-state index is 13.3. The van der Waals surface area contributed by atoms with E-state index in [2.05, 4.69) is 18.5 Å². The summed E-state index contributed by atoms with van der Waals surface area (Å²) < 4.78 is 11.8. The van der Waals surface area contributed by atoms with Gasteiger partial charge in [0.1, 0.15) is 12.4 Å². The second kappa shape index (κ2) is 9.23. The number of rotatable bonds is 8. The second-order valence-electron chi connectivity index (χ2n) is 7.97. The van der Waals surface area contributed by atoms with Gasteiger partial charge in [-0.1, -0.05) is 49.1 Å². The number of aliphatic hydroxyl groups excluding tert-OH is 1. The van der Waals surface area contributed by atoms with Crippen molar-refractivity contribution in [2.24, 2.45) is 0 Å². The first-order valence-corrected chi connectivity index (χ1v) is 11.9. The van der Waals surface area contributed by atoms with E-state index in [1.165, 1.54) is 28.6 Å². The van der Waals surface area contributed by atoms with Crippen LogP contribution in [0.3, 0.4) is 0 Å². The van der Waals surface area contributed by atoms with Gasteiger partial charge in [-0.2, -0.15) is 0 Å². The molecule has 176 valence electrons. The highest BCUT2D eigenvalue weighted by atomic mass is 32.1. The number of Topliss-reactive ketones (excluding diaryl/α,β-unsaturated/α-hetero) is 1. The van der Waals surface area contributed by atoms with E-state index in [0.717, 1.165) is 22.2 Å². The van der Waals surface area contributed by atoms with Crippen LogP contribution in [-0.2, 0) is 11.2 Å². The Morgan fingerprint density at radius 2 is 2.06 bits per heavy atom. The number of nitrogens with zero attached hydrogens (tertiary/aromatic N) is 2. The topological polar surface area (TPSA) is 92.9 Å². The Morgan fingerprint density at radius 1 is 1.26 bits per heavy atom. The summed E-state index contributed by atoms with van der Waals surface area (Å²) in [5, 5.41) is 11.3. The number of carbonyl (C=O) groups is 2. The fourth-order valence-corrected chi connectivity index (χ4v) is 5.13. The number of fused-ring (bicyclic) bond motifs is 1. The van der Waals surface area contributed by atoms with Gasteiger partial charge in [-0.15, -0.1) is 0 Å². The molecule has 0 saturated carbocycles. The number of amides is 1. The summed E-state index contributed by atoms with van der Waals surface area (Å²) >= 11 is 1.34. The first kappa shape index (κ1) is 22.6. The van der Waals surface area contributed by atoms with E-state index in [-0.39, 0.29) is 11.3 Å². The lowest BCUT2D eigenvalue weighted by Crippen LogP contribution is -2.30. The molecule has 0 aliphatic carbocycles. The van der Waals surface area contributed by atoms with Gasteiger partial charge in [0, 0.05) is 0 Å². The number of hydrogen-bond acceptors (Lipinski definition) is 7. The molecule has 1 N–H and O–H groups in total. The van der Waals surface area contributed by atoms with Gasteiger partial charge in [0.15, 0.2) is 16.7 Å². The van der Waals surface area contributed by atoms with Gasteiger partial charge in [0.05, 0.1) is 28.1 Å². The Kier molecular flexibility index (Phi) is 5.96. The predicted molar refractivity (Wildman–Crippen MR) is 134 cm³/mol. The number of thiazole rings is 1. The van der Waals surface area contributed by atoms with E-state index in [1.54, 1.807) is 36.4 Å². The molecule has 1 atom stereocenters. The quantitative estimate of drug-likeness (QED) is 0.250. The smallest absolute Gasteiger partial charge is 0.296 e.